The number of amides is 1. The molecule has 1 aliphatic heterocycles. The highest BCUT2D eigenvalue weighted by molar-refractivity contribution is 9.10. The number of primary amides is 1. The van der Waals surface area contributed by atoms with Crippen LogP contribution >= 0.6 is 27.5 Å². The van der Waals surface area contributed by atoms with E-state index in [-0.39, 0.29) is 0 Å². The van der Waals surface area contributed by atoms with Crippen LogP contribution in [-0.2, 0) is 11.4 Å². The van der Waals surface area contributed by atoms with Crippen LogP contribution < -0.4 is 15.8 Å². The van der Waals surface area contributed by atoms with Gasteiger partial charge < -0.3 is 15.8 Å². The van der Waals surface area contributed by atoms with E-state index in [4.69, 9.17) is 22.1 Å². The Morgan fingerprint density at radius 2 is 2.07 bits per heavy atom. The minimum absolute atomic E-state index is 0.343. The fourth-order valence-electron chi connectivity index (χ4n) is 3.30. The van der Waals surface area contributed by atoms with Gasteiger partial charge in [-0.05, 0) is 42.8 Å². The number of carbonyl (C=O) groups is 1. The maximum absolute atomic E-state index is 12.3. The summed E-state index contributed by atoms with van der Waals surface area (Å²) in [7, 11) is 0. The summed E-state index contributed by atoms with van der Waals surface area (Å²) in [5.41, 5.74) is 8.46. The van der Waals surface area contributed by atoms with E-state index in [1.807, 2.05) is 42.5 Å². The molecule has 0 aliphatic carbocycles. The second kappa shape index (κ2) is 7.88. The first-order valence-corrected chi connectivity index (χ1v) is 9.95. The van der Waals surface area contributed by atoms with Crippen LogP contribution in [0.5, 0.6) is 5.75 Å². The van der Waals surface area contributed by atoms with Crippen LogP contribution in [0.25, 0.3) is 0 Å². The lowest BCUT2D eigenvalue weighted by Crippen LogP contribution is -2.32. The molecule has 1 aromatic heterocycles. The van der Waals surface area contributed by atoms with Crippen molar-refractivity contribution in [1.82, 2.24) is 14.8 Å². The fourth-order valence-corrected chi connectivity index (χ4v) is 3.81. The highest BCUT2D eigenvalue weighted by Crippen LogP contribution is 2.40. The number of rotatable bonds is 5. The molecule has 0 saturated heterocycles. The number of hydrogen-bond donors (Lipinski definition) is 2. The number of nitrogens with one attached hydrogen (secondary N) is 1. The number of anilines is 1. The summed E-state index contributed by atoms with van der Waals surface area (Å²) < 4.78 is 8.58. The Balaban J connectivity index is 1.76. The van der Waals surface area contributed by atoms with Crippen LogP contribution in [0.4, 0.5) is 5.95 Å². The van der Waals surface area contributed by atoms with E-state index >= 15 is 0 Å². The number of nitrogens with two attached hydrogens (primary N) is 1. The topological polar surface area (TPSA) is 95.1 Å². The molecule has 29 heavy (non-hydrogen) atoms. The average molecular weight is 475 g/mol. The first-order valence-electron chi connectivity index (χ1n) is 8.78. The molecule has 0 fully saturated rings. The molecular formula is C20H17BrClN5O2. The van der Waals surface area contributed by atoms with Crippen molar-refractivity contribution in [3.63, 3.8) is 0 Å². The minimum atomic E-state index is -0.566. The van der Waals surface area contributed by atoms with Gasteiger partial charge in [-0.3, -0.25) is 4.79 Å². The first-order chi connectivity index (χ1) is 13.9. The Kier molecular flexibility index (Phi) is 5.29. The molecule has 9 heteroatoms. The van der Waals surface area contributed by atoms with E-state index in [0.717, 1.165) is 15.6 Å². The number of halogens is 2. The maximum atomic E-state index is 12.3. The molecule has 148 valence electrons. The lowest BCUT2D eigenvalue weighted by atomic mass is 9.94. The SMILES string of the molecule is CC1=C(C(N)=O)C(c2cc(Br)ccc2OCc2ccc(Cl)cc2)n2ncnc2N1. The van der Waals surface area contributed by atoms with Gasteiger partial charge in [-0.25, -0.2) is 4.68 Å². The van der Waals surface area contributed by atoms with Crippen molar-refractivity contribution in [3.8, 4) is 5.75 Å². The quantitative estimate of drug-likeness (QED) is 0.582. The van der Waals surface area contributed by atoms with Crippen molar-refractivity contribution in [2.75, 3.05) is 5.32 Å². The molecule has 0 spiro atoms. The van der Waals surface area contributed by atoms with Gasteiger partial charge in [0.1, 0.15) is 24.7 Å². The highest BCUT2D eigenvalue weighted by atomic mass is 79.9. The molecular weight excluding hydrogens is 458 g/mol. The third-order valence-electron chi connectivity index (χ3n) is 4.63. The first kappa shape index (κ1) is 19.5. The molecule has 3 N–H and O–H groups in total. The van der Waals surface area contributed by atoms with Gasteiger partial charge in [0.25, 0.3) is 0 Å². The van der Waals surface area contributed by atoms with Gasteiger partial charge in [-0.15, -0.1) is 0 Å². The Bertz CT molecular complexity index is 1110. The molecule has 2 heterocycles. The molecule has 0 saturated carbocycles. The molecule has 0 radical (unpaired) electrons. The van der Waals surface area contributed by atoms with Gasteiger partial charge in [0.05, 0.1) is 5.57 Å². The third kappa shape index (κ3) is 3.86. The summed E-state index contributed by atoms with van der Waals surface area (Å²) in [6.45, 7) is 2.13. The van der Waals surface area contributed by atoms with E-state index in [2.05, 4.69) is 31.3 Å². The number of benzene rings is 2. The van der Waals surface area contributed by atoms with Gasteiger partial charge in [0, 0.05) is 20.8 Å². The summed E-state index contributed by atoms with van der Waals surface area (Å²) in [6, 6.07) is 12.5. The number of hydrogen-bond acceptors (Lipinski definition) is 5. The van der Waals surface area contributed by atoms with Crippen LogP contribution in [-0.4, -0.2) is 20.7 Å². The molecule has 7 nitrogen and oxygen atoms in total. The molecule has 0 bridgehead atoms. The number of fused-ring (bicyclic) bond motifs is 1. The third-order valence-corrected chi connectivity index (χ3v) is 5.38. The van der Waals surface area contributed by atoms with E-state index in [9.17, 15) is 4.79 Å². The monoisotopic (exact) mass is 473 g/mol. The lowest BCUT2D eigenvalue weighted by Gasteiger charge is -2.29. The highest BCUT2D eigenvalue weighted by Gasteiger charge is 2.34. The van der Waals surface area contributed by atoms with Crippen molar-refractivity contribution >= 4 is 39.4 Å². The van der Waals surface area contributed by atoms with Gasteiger partial charge in [-0.1, -0.05) is 39.7 Å². The van der Waals surface area contributed by atoms with Crippen LogP contribution in [0, 0.1) is 0 Å². The van der Waals surface area contributed by atoms with Gasteiger partial charge >= 0.3 is 0 Å². The van der Waals surface area contributed by atoms with Crippen LogP contribution in [0.3, 0.4) is 0 Å². The standard InChI is InChI=1S/C20H17BrClN5O2/c1-11-17(19(23)28)18(27-20(26-11)24-10-25-27)15-8-13(21)4-7-16(15)29-9-12-2-5-14(22)6-3-12/h2-8,10,18H,9H2,1H3,(H2,23,28)(H,24,25,26). The second-order valence-corrected chi connectivity index (χ2v) is 7.91. The molecule has 1 atom stereocenters. The summed E-state index contributed by atoms with van der Waals surface area (Å²) >= 11 is 9.46. The smallest absolute Gasteiger partial charge is 0.248 e. The number of allylic oxidation sites excluding steroid dienone is 1. The minimum Gasteiger partial charge on any atom is -0.489 e. The Labute approximate surface area is 180 Å². The molecule has 2 aromatic carbocycles. The van der Waals surface area contributed by atoms with Gasteiger partial charge in [0.2, 0.25) is 11.9 Å². The predicted octanol–water partition coefficient (Wildman–Crippen LogP) is 4.05. The van der Waals surface area contributed by atoms with E-state index in [0.29, 0.717) is 34.6 Å². The molecule has 1 unspecified atom stereocenters. The van der Waals surface area contributed by atoms with E-state index in [1.54, 1.807) is 11.6 Å². The summed E-state index contributed by atoms with van der Waals surface area (Å²) in [5.74, 6) is 0.606. The zero-order chi connectivity index (χ0) is 20.5. The lowest BCUT2D eigenvalue weighted by molar-refractivity contribution is -0.115. The zero-order valence-electron chi connectivity index (χ0n) is 15.4. The number of ether oxygens (including phenoxy) is 1. The molecule has 3 aromatic rings. The van der Waals surface area contributed by atoms with Crippen LogP contribution in [0.15, 0.2) is 64.5 Å². The average Bonchev–Trinajstić information content (AvgIpc) is 3.15. The molecule has 1 amide bonds. The van der Waals surface area contributed by atoms with Crippen LogP contribution in [0.1, 0.15) is 24.1 Å². The number of nitrogens with zero attached hydrogens (tertiary/aromatic N) is 3. The Hall–Kier alpha value is -2.84. The van der Waals surface area contributed by atoms with Crippen molar-refractivity contribution in [3.05, 3.63) is 80.7 Å². The second-order valence-electron chi connectivity index (χ2n) is 6.56. The van der Waals surface area contributed by atoms with Crippen molar-refractivity contribution in [2.24, 2.45) is 5.73 Å². The summed E-state index contributed by atoms with van der Waals surface area (Å²) in [6.07, 6.45) is 1.43. The molecule has 4 rings (SSSR count). The normalized spacial score (nSPS) is 15.6. The fraction of sp³-hybridized carbons (Fsp3) is 0.150. The molecule has 1 aliphatic rings. The van der Waals surface area contributed by atoms with Gasteiger partial charge in [0.15, 0.2) is 0 Å². The van der Waals surface area contributed by atoms with Crippen LogP contribution in [0.2, 0.25) is 5.02 Å². The van der Waals surface area contributed by atoms with Crippen molar-refractivity contribution in [1.29, 1.82) is 0 Å². The Morgan fingerprint density at radius 3 is 2.79 bits per heavy atom. The Morgan fingerprint density at radius 1 is 1.31 bits per heavy atom. The van der Waals surface area contributed by atoms with E-state index in [1.165, 1.54) is 6.33 Å². The largest absolute Gasteiger partial charge is 0.489 e. The number of aromatic nitrogens is 3. The maximum Gasteiger partial charge on any atom is 0.248 e. The summed E-state index contributed by atoms with van der Waals surface area (Å²) in [4.78, 5) is 16.5. The van der Waals surface area contributed by atoms with E-state index < -0.39 is 11.9 Å². The number of carbonyl (C=O) groups excluding carboxylic acids is 1. The summed E-state index contributed by atoms with van der Waals surface area (Å²) in [5, 5.41) is 8.03. The predicted molar refractivity (Wildman–Crippen MR) is 114 cm³/mol. The zero-order valence-corrected chi connectivity index (χ0v) is 17.7. The van der Waals surface area contributed by atoms with Crippen molar-refractivity contribution in [2.45, 2.75) is 19.6 Å². The van der Waals surface area contributed by atoms with Crippen molar-refractivity contribution < 1.29 is 9.53 Å². The van der Waals surface area contributed by atoms with Gasteiger partial charge in [-0.2, -0.15) is 10.1 Å².